The summed E-state index contributed by atoms with van der Waals surface area (Å²) in [5, 5.41) is 13.1. The third-order valence-electron chi connectivity index (χ3n) is 5.52. The Morgan fingerprint density at radius 3 is 2.75 bits per heavy atom. The summed E-state index contributed by atoms with van der Waals surface area (Å²) in [7, 11) is 0. The fourth-order valence-electron chi connectivity index (χ4n) is 3.77. The fourth-order valence-corrected chi connectivity index (χ4v) is 3.77. The number of carbonyl (C=O) groups is 1. The number of aryl methyl sites for hydroxylation is 1. The van der Waals surface area contributed by atoms with Crippen molar-refractivity contribution in [1.29, 1.82) is 0 Å². The second kappa shape index (κ2) is 8.79. The zero-order valence-corrected chi connectivity index (χ0v) is 16.6. The molecule has 1 aliphatic heterocycles. The number of hydrogen-bond donors (Lipinski definition) is 1. The molecule has 7 nitrogen and oxygen atoms in total. The molecule has 8 heteroatoms. The lowest BCUT2D eigenvalue weighted by molar-refractivity contribution is -0.139. The van der Waals surface area contributed by atoms with Gasteiger partial charge in [0.25, 0.3) is 0 Å². The molecule has 1 saturated heterocycles. The summed E-state index contributed by atoms with van der Waals surface area (Å²) in [6.45, 7) is 8.23. The molecule has 0 aliphatic carbocycles. The van der Waals surface area contributed by atoms with Crippen molar-refractivity contribution < 1.29 is 18.8 Å². The molecule has 1 N–H and O–H groups in total. The lowest BCUT2D eigenvalue weighted by Gasteiger charge is -2.39. The summed E-state index contributed by atoms with van der Waals surface area (Å²) in [5.41, 5.74) is 1.27. The van der Waals surface area contributed by atoms with Crippen LogP contribution in [0.4, 0.5) is 4.39 Å². The number of likely N-dealkylation sites (tertiary alicyclic amines) is 1. The first-order chi connectivity index (χ1) is 13.4. The van der Waals surface area contributed by atoms with E-state index in [9.17, 15) is 9.18 Å². The molecule has 0 saturated carbocycles. The standard InChI is InChI=1S/C20H27FN4O3/c1-4-24(12-18(26)27)16-7-9-25(10-8-16)14(3)20-22-19(23-28-20)15-5-6-17(21)13(2)11-15/h5-6,11,14,16H,4,7-10,12H2,1-3H3,(H,26,27). The molecule has 0 spiro atoms. The smallest absolute Gasteiger partial charge is 0.317 e. The molecule has 1 unspecified atom stereocenters. The van der Waals surface area contributed by atoms with Crippen LogP contribution >= 0.6 is 0 Å². The Labute approximate surface area is 164 Å². The molecule has 1 fully saturated rings. The van der Waals surface area contributed by atoms with E-state index in [1.807, 2.05) is 18.7 Å². The van der Waals surface area contributed by atoms with Gasteiger partial charge in [-0.3, -0.25) is 14.6 Å². The van der Waals surface area contributed by atoms with E-state index in [1.165, 1.54) is 6.07 Å². The van der Waals surface area contributed by atoms with E-state index >= 15 is 0 Å². The van der Waals surface area contributed by atoms with Crippen molar-refractivity contribution in [2.45, 2.75) is 45.7 Å². The van der Waals surface area contributed by atoms with Gasteiger partial charge in [0.05, 0.1) is 12.6 Å². The zero-order chi connectivity index (χ0) is 20.3. The van der Waals surface area contributed by atoms with E-state index in [2.05, 4.69) is 15.0 Å². The van der Waals surface area contributed by atoms with Crippen molar-refractivity contribution in [3.8, 4) is 11.4 Å². The van der Waals surface area contributed by atoms with Crippen LogP contribution in [-0.4, -0.2) is 63.2 Å². The highest BCUT2D eigenvalue weighted by Gasteiger charge is 2.29. The van der Waals surface area contributed by atoms with Crippen LogP contribution < -0.4 is 0 Å². The molecule has 1 aromatic carbocycles. The van der Waals surface area contributed by atoms with E-state index in [0.29, 0.717) is 17.3 Å². The second-order valence-corrected chi connectivity index (χ2v) is 7.32. The van der Waals surface area contributed by atoms with Crippen LogP contribution in [0.15, 0.2) is 22.7 Å². The Hall–Kier alpha value is -2.32. The molecule has 0 radical (unpaired) electrons. The van der Waals surface area contributed by atoms with Crippen LogP contribution in [0.2, 0.25) is 0 Å². The van der Waals surface area contributed by atoms with Gasteiger partial charge in [-0.2, -0.15) is 4.98 Å². The Morgan fingerprint density at radius 2 is 2.14 bits per heavy atom. The number of likely N-dealkylation sites (N-methyl/N-ethyl adjacent to an activating group) is 1. The van der Waals surface area contributed by atoms with Gasteiger partial charge in [-0.1, -0.05) is 12.1 Å². The number of carboxylic acids is 1. The number of hydrogen-bond acceptors (Lipinski definition) is 6. The van der Waals surface area contributed by atoms with E-state index < -0.39 is 5.97 Å². The molecule has 2 aromatic rings. The monoisotopic (exact) mass is 390 g/mol. The van der Waals surface area contributed by atoms with Crippen molar-refractivity contribution in [2.24, 2.45) is 0 Å². The maximum atomic E-state index is 13.5. The molecule has 3 rings (SSSR count). The lowest BCUT2D eigenvalue weighted by atomic mass is 10.0. The zero-order valence-electron chi connectivity index (χ0n) is 16.6. The SMILES string of the molecule is CCN(CC(=O)O)C1CCN(C(C)c2nc(-c3ccc(F)c(C)c3)no2)CC1. The normalized spacial score (nSPS) is 17.2. The van der Waals surface area contributed by atoms with Gasteiger partial charge >= 0.3 is 5.97 Å². The maximum absolute atomic E-state index is 13.5. The first-order valence-corrected chi connectivity index (χ1v) is 9.69. The van der Waals surface area contributed by atoms with Gasteiger partial charge in [-0.05, 0) is 57.0 Å². The fraction of sp³-hybridized carbons (Fsp3) is 0.550. The van der Waals surface area contributed by atoms with Crippen molar-refractivity contribution in [3.63, 3.8) is 0 Å². The van der Waals surface area contributed by atoms with Gasteiger partial charge in [0.2, 0.25) is 11.7 Å². The van der Waals surface area contributed by atoms with Gasteiger partial charge in [0.15, 0.2) is 0 Å². The van der Waals surface area contributed by atoms with Gasteiger partial charge in [-0.15, -0.1) is 0 Å². The molecule has 28 heavy (non-hydrogen) atoms. The largest absolute Gasteiger partial charge is 0.480 e. The van der Waals surface area contributed by atoms with Crippen LogP contribution in [0.5, 0.6) is 0 Å². The molecule has 0 amide bonds. The lowest BCUT2D eigenvalue weighted by Crippen LogP contribution is -2.47. The van der Waals surface area contributed by atoms with Crippen LogP contribution in [-0.2, 0) is 4.79 Å². The summed E-state index contributed by atoms with van der Waals surface area (Å²) in [4.78, 5) is 19.8. The Balaban J connectivity index is 1.62. The molecule has 152 valence electrons. The van der Waals surface area contributed by atoms with E-state index in [0.717, 1.165) is 38.0 Å². The van der Waals surface area contributed by atoms with Crippen molar-refractivity contribution in [1.82, 2.24) is 19.9 Å². The highest BCUT2D eigenvalue weighted by molar-refractivity contribution is 5.69. The second-order valence-electron chi connectivity index (χ2n) is 7.32. The summed E-state index contributed by atoms with van der Waals surface area (Å²) < 4.78 is 18.9. The third-order valence-corrected chi connectivity index (χ3v) is 5.52. The van der Waals surface area contributed by atoms with Gasteiger partial charge < -0.3 is 9.63 Å². The minimum Gasteiger partial charge on any atom is -0.480 e. The maximum Gasteiger partial charge on any atom is 0.317 e. The summed E-state index contributed by atoms with van der Waals surface area (Å²) in [6, 6.07) is 5.02. The number of benzene rings is 1. The Kier molecular flexibility index (Phi) is 6.41. The van der Waals surface area contributed by atoms with Gasteiger partial charge in [0.1, 0.15) is 5.82 Å². The Bertz CT molecular complexity index is 818. The quantitative estimate of drug-likeness (QED) is 0.778. The third kappa shape index (κ3) is 4.56. The Morgan fingerprint density at radius 1 is 1.43 bits per heavy atom. The highest BCUT2D eigenvalue weighted by atomic mass is 19.1. The van der Waals surface area contributed by atoms with Crippen LogP contribution in [0, 0.1) is 12.7 Å². The number of rotatable bonds is 7. The summed E-state index contributed by atoms with van der Waals surface area (Å²) >= 11 is 0. The van der Waals surface area contributed by atoms with Crippen molar-refractivity contribution >= 4 is 5.97 Å². The van der Waals surface area contributed by atoms with Crippen LogP contribution in [0.25, 0.3) is 11.4 Å². The minimum atomic E-state index is -0.785. The predicted molar refractivity (Wildman–Crippen MR) is 102 cm³/mol. The molecular weight excluding hydrogens is 363 g/mol. The molecular formula is C20H27FN4O3. The highest BCUT2D eigenvalue weighted by Crippen LogP contribution is 2.27. The number of aromatic nitrogens is 2. The van der Waals surface area contributed by atoms with E-state index in [4.69, 9.17) is 9.63 Å². The molecule has 0 bridgehead atoms. The van der Waals surface area contributed by atoms with Crippen molar-refractivity contribution in [2.75, 3.05) is 26.2 Å². The van der Waals surface area contributed by atoms with E-state index in [1.54, 1.807) is 19.1 Å². The van der Waals surface area contributed by atoms with Crippen LogP contribution in [0.1, 0.15) is 44.2 Å². The van der Waals surface area contributed by atoms with Gasteiger partial charge in [0, 0.05) is 24.7 Å². The number of nitrogens with zero attached hydrogens (tertiary/aromatic N) is 4. The number of aliphatic carboxylic acids is 1. The van der Waals surface area contributed by atoms with Crippen LogP contribution in [0.3, 0.4) is 0 Å². The predicted octanol–water partition coefficient (Wildman–Crippen LogP) is 3.12. The minimum absolute atomic E-state index is 0.0294. The van der Waals surface area contributed by atoms with E-state index in [-0.39, 0.29) is 24.4 Å². The first kappa shape index (κ1) is 20.4. The number of piperidine rings is 1. The molecule has 2 heterocycles. The number of carboxylic acid groups (broad SMARTS) is 1. The molecule has 1 aromatic heterocycles. The average molecular weight is 390 g/mol. The topological polar surface area (TPSA) is 82.7 Å². The summed E-state index contributed by atoms with van der Waals surface area (Å²) in [6.07, 6.45) is 1.81. The van der Waals surface area contributed by atoms with Crippen molar-refractivity contribution in [3.05, 3.63) is 35.5 Å². The molecule has 1 aliphatic rings. The molecule has 1 atom stereocenters. The van der Waals surface area contributed by atoms with Gasteiger partial charge in [-0.25, -0.2) is 4.39 Å². The summed E-state index contributed by atoms with van der Waals surface area (Å²) in [5.74, 6) is -0.0495. The number of halogens is 1. The first-order valence-electron chi connectivity index (χ1n) is 9.69. The average Bonchev–Trinajstić information content (AvgIpc) is 3.18.